The van der Waals surface area contributed by atoms with Crippen molar-refractivity contribution in [2.45, 2.75) is 19.8 Å². The number of nitrogens with zero attached hydrogens (tertiary/aromatic N) is 2. The molecule has 0 spiro atoms. The molecule has 2 saturated heterocycles. The fourth-order valence-corrected chi connectivity index (χ4v) is 3.52. The van der Waals surface area contributed by atoms with Gasteiger partial charge in [0.25, 0.3) is 0 Å². The van der Waals surface area contributed by atoms with Crippen molar-refractivity contribution in [1.82, 2.24) is 4.90 Å². The van der Waals surface area contributed by atoms with Crippen molar-refractivity contribution in [2.75, 3.05) is 50.8 Å². The van der Waals surface area contributed by atoms with Crippen molar-refractivity contribution in [3.63, 3.8) is 0 Å². The summed E-state index contributed by atoms with van der Waals surface area (Å²) in [5, 5.41) is 0.900. The summed E-state index contributed by atoms with van der Waals surface area (Å²) in [6.07, 6.45) is 0. The lowest BCUT2D eigenvalue weighted by Crippen LogP contribution is -2.50. The summed E-state index contributed by atoms with van der Waals surface area (Å²) in [6.45, 7) is 11.9. The van der Waals surface area contributed by atoms with Gasteiger partial charge in [-0.1, -0.05) is 31.5 Å². The first-order valence-corrected chi connectivity index (χ1v) is 8.36. The van der Waals surface area contributed by atoms with E-state index in [4.69, 9.17) is 16.3 Å². The van der Waals surface area contributed by atoms with Gasteiger partial charge in [0, 0.05) is 49.4 Å². The second kappa shape index (κ2) is 6.55. The SMILES string of the molecule is CC(C)c1ccc(N2CCN(CC3COC3)CC2)cc1Cl. The number of hydrogen-bond donors (Lipinski definition) is 0. The van der Waals surface area contributed by atoms with Crippen LogP contribution in [-0.2, 0) is 4.74 Å². The van der Waals surface area contributed by atoms with Crippen molar-refractivity contribution in [2.24, 2.45) is 5.92 Å². The van der Waals surface area contributed by atoms with Crippen molar-refractivity contribution in [3.05, 3.63) is 28.8 Å². The van der Waals surface area contributed by atoms with Crippen LogP contribution in [0.3, 0.4) is 0 Å². The molecule has 1 aromatic rings. The average Bonchev–Trinajstić information content (AvgIpc) is 2.43. The molecular weight excluding hydrogens is 284 g/mol. The molecule has 2 fully saturated rings. The predicted octanol–water partition coefficient (Wildman–Crippen LogP) is 3.23. The average molecular weight is 309 g/mol. The normalized spacial score (nSPS) is 20.9. The van der Waals surface area contributed by atoms with Crippen LogP contribution in [0.25, 0.3) is 0 Å². The molecule has 2 aliphatic heterocycles. The summed E-state index contributed by atoms with van der Waals surface area (Å²) < 4.78 is 5.26. The smallest absolute Gasteiger partial charge is 0.0528 e. The molecule has 0 saturated carbocycles. The Morgan fingerprint density at radius 3 is 2.43 bits per heavy atom. The van der Waals surface area contributed by atoms with Crippen LogP contribution in [0.2, 0.25) is 5.02 Å². The van der Waals surface area contributed by atoms with E-state index in [9.17, 15) is 0 Å². The van der Waals surface area contributed by atoms with E-state index in [1.165, 1.54) is 17.8 Å². The van der Waals surface area contributed by atoms with E-state index < -0.39 is 0 Å². The Morgan fingerprint density at radius 2 is 1.90 bits per heavy atom. The topological polar surface area (TPSA) is 15.7 Å². The number of ether oxygens (including phenoxy) is 1. The van der Waals surface area contributed by atoms with Gasteiger partial charge < -0.3 is 9.64 Å². The molecular formula is C17H25ClN2O. The summed E-state index contributed by atoms with van der Waals surface area (Å²) in [5.41, 5.74) is 2.50. The van der Waals surface area contributed by atoms with Crippen LogP contribution < -0.4 is 4.90 Å². The van der Waals surface area contributed by atoms with Crippen molar-refractivity contribution < 1.29 is 4.74 Å². The Balaban J connectivity index is 1.57. The lowest BCUT2D eigenvalue weighted by molar-refractivity contribution is -0.0468. The minimum atomic E-state index is 0.480. The lowest BCUT2D eigenvalue weighted by atomic mass is 10.0. The molecule has 0 amide bonds. The zero-order chi connectivity index (χ0) is 14.8. The number of halogens is 1. The fourth-order valence-electron chi connectivity index (χ4n) is 3.12. The highest BCUT2D eigenvalue weighted by atomic mass is 35.5. The molecule has 0 aliphatic carbocycles. The van der Waals surface area contributed by atoms with Gasteiger partial charge >= 0.3 is 0 Å². The summed E-state index contributed by atoms with van der Waals surface area (Å²) in [4.78, 5) is 5.01. The van der Waals surface area contributed by atoms with Crippen LogP contribution in [-0.4, -0.2) is 50.8 Å². The molecule has 0 bridgehead atoms. The van der Waals surface area contributed by atoms with E-state index in [1.807, 2.05) is 0 Å². The van der Waals surface area contributed by atoms with Gasteiger partial charge in [0.2, 0.25) is 0 Å². The van der Waals surface area contributed by atoms with Crippen LogP contribution in [0.15, 0.2) is 18.2 Å². The highest BCUT2D eigenvalue weighted by Gasteiger charge is 2.24. The van der Waals surface area contributed by atoms with E-state index in [-0.39, 0.29) is 0 Å². The van der Waals surface area contributed by atoms with Crippen molar-refractivity contribution in [3.8, 4) is 0 Å². The lowest BCUT2D eigenvalue weighted by Gasteiger charge is -2.39. The van der Waals surface area contributed by atoms with E-state index in [0.29, 0.717) is 5.92 Å². The molecule has 0 N–H and O–H groups in total. The summed E-state index contributed by atoms with van der Waals surface area (Å²) in [7, 11) is 0. The maximum absolute atomic E-state index is 6.42. The van der Waals surface area contributed by atoms with E-state index in [1.54, 1.807) is 0 Å². The molecule has 0 radical (unpaired) electrons. The quantitative estimate of drug-likeness (QED) is 0.849. The molecule has 0 unspecified atom stereocenters. The third-order valence-corrected chi connectivity index (χ3v) is 4.89. The Kier molecular flexibility index (Phi) is 4.72. The van der Waals surface area contributed by atoms with Crippen LogP contribution in [0.4, 0.5) is 5.69 Å². The minimum absolute atomic E-state index is 0.480. The molecule has 4 heteroatoms. The first-order chi connectivity index (χ1) is 10.1. The number of rotatable bonds is 4. The molecule has 0 aromatic heterocycles. The zero-order valence-electron chi connectivity index (χ0n) is 13.0. The number of hydrogen-bond acceptors (Lipinski definition) is 3. The number of piperazine rings is 1. The minimum Gasteiger partial charge on any atom is -0.381 e. The van der Waals surface area contributed by atoms with E-state index in [2.05, 4.69) is 41.8 Å². The van der Waals surface area contributed by atoms with E-state index in [0.717, 1.165) is 50.3 Å². The second-order valence-corrected chi connectivity index (χ2v) is 6.96. The third-order valence-electron chi connectivity index (χ3n) is 4.57. The van der Waals surface area contributed by atoms with Gasteiger partial charge in [0.1, 0.15) is 0 Å². The third kappa shape index (κ3) is 3.53. The van der Waals surface area contributed by atoms with Crippen molar-refractivity contribution in [1.29, 1.82) is 0 Å². The van der Waals surface area contributed by atoms with Crippen molar-refractivity contribution >= 4 is 17.3 Å². The summed E-state index contributed by atoms with van der Waals surface area (Å²) in [5.74, 6) is 1.24. The van der Waals surface area contributed by atoms with Crippen LogP contribution in [0.5, 0.6) is 0 Å². The fraction of sp³-hybridized carbons (Fsp3) is 0.647. The maximum Gasteiger partial charge on any atom is 0.0528 e. The van der Waals surface area contributed by atoms with E-state index >= 15 is 0 Å². The molecule has 2 aliphatic rings. The largest absolute Gasteiger partial charge is 0.381 e. The maximum atomic E-state index is 6.42. The highest BCUT2D eigenvalue weighted by Crippen LogP contribution is 2.29. The Labute approximate surface area is 132 Å². The summed E-state index contributed by atoms with van der Waals surface area (Å²) in [6, 6.07) is 6.53. The first kappa shape index (κ1) is 15.1. The number of benzene rings is 1. The molecule has 116 valence electrons. The predicted molar refractivity (Wildman–Crippen MR) is 88.5 cm³/mol. The molecule has 2 heterocycles. The van der Waals surface area contributed by atoms with Crippen LogP contribution in [0, 0.1) is 5.92 Å². The monoisotopic (exact) mass is 308 g/mol. The molecule has 21 heavy (non-hydrogen) atoms. The van der Waals surface area contributed by atoms with Gasteiger partial charge in [-0.3, -0.25) is 4.90 Å². The zero-order valence-corrected chi connectivity index (χ0v) is 13.8. The van der Waals surface area contributed by atoms with Gasteiger partial charge in [-0.15, -0.1) is 0 Å². The second-order valence-electron chi connectivity index (χ2n) is 6.55. The van der Waals surface area contributed by atoms with Crippen LogP contribution >= 0.6 is 11.6 Å². The number of anilines is 1. The standard InChI is InChI=1S/C17H25ClN2O/c1-13(2)16-4-3-15(9-17(16)18)20-7-5-19(6-8-20)10-14-11-21-12-14/h3-4,9,13-14H,5-8,10-12H2,1-2H3. The molecule has 1 aromatic carbocycles. The van der Waals surface area contributed by atoms with Gasteiger partial charge in [-0.05, 0) is 23.6 Å². The highest BCUT2D eigenvalue weighted by molar-refractivity contribution is 6.31. The van der Waals surface area contributed by atoms with Gasteiger partial charge in [0.15, 0.2) is 0 Å². The Bertz CT molecular complexity index is 480. The van der Waals surface area contributed by atoms with Gasteiger partial charge in [-0.2, -0.15) is 0 Å². The first-order valence-electron chi connectivity index (χ1n) is 7.98. The Hall–Kier alpha value is -0.770. The molecule has 3 nitrogen and oxygen atoms in total. The summed E-state index contributed by atoms with van der Waals surface area (Å²) >= 11 is 6.42. The van der Waals surface area contributed by atoms with Gasteiger partial charge in [0.05, 0.1) is 13.2 Å². The molecule has 0 atom stereocenters. The van der Waals surface area contributed by atoms with Crippen LogP contribution in [0.1, 0.15) is 25.3 Å². The Morgan fingerprint density at radius 1 is 1.19 bits per heavy atom. The molecule has 3 rings (SSSR count). The van der Waals surface area contributed by atoms with Gasteiger partial charge in [-0.25, -0.2) is 0 Å².